The van der Waals surface area contributed by atoms with Gasteiger partial charge in [-0.3, -0.25) is 9.59 Å². The van der Waals surface area contributed by atoms with Gasteiger partial charge in [0, 0.05) is 25.3 Å². The molecule has 0 aromatic heterocycles. The van der Waals surface area contributed by atoms with Crippen molar-refractivity contribution >= 4 is 23.5 Å². The molecule has 1 atom stereocenters. The van der Waals surface area contributed by atoms with Crippen LogP contribution in [0.1, 0.15) is 16.8 Å². The van der Waals surface area contributed by atoms with Gasteiger partial charge < -0.3 is 21.1 Å². The zero-order chi connectivity index (χ0) is 15.3. The van der Waals surface area contributed by atoms with Crippen molar-refractivity contribution in [3.8, 4) is 0 Å². The molecule has 0 saturated carbocycles. The number of primary amides is 1. The van der Waals surface area contributed by atoms with E-state index in [1.165, 1.54) is 0 Å². The molecule has 0 aliphatic carbocycles. The molecule has 108 valence electrons. The third kappa shape index (κ3) is 4.27. The van der Waals surface area contributed by atoms with E-state index in [0.717, 1.165) is 5.69 Å². The van der Waals surface area contributed by atoms with Gasteiger partial charge in [0.25, 0.3) is 5.91 Å². The minimum absolute atomic E-state index is 0.312. The fraction of sp³-hybridized carbons (Fsp3) is 0.308. The lowest BCUT2D eigenvalue weighted by atomic mass is 10.1. The summed E-state index contributed by atoms with van der Waals surface area (Å²) >= 11 is 0. The minimum Gasteiger partial charge on any atom is -0.480 e. The number of carbonyl (C=O) groups excluding carboxylic acids is 2. The minimum atomic E-state index is -1.33. The lowest BCUT2D eigenvalue weighted by molar-refractivity contribution is -0.140. The fourth-order valence-electron chi connectivity index (χ4n) is 1.57. The van der Waals surface area contributed by atoms with Gasteiger partial charge in [0.1, 0.15) is 6.04 Å². The van der Waals surface area contributed by atoms with Gasteiger partial charge in [0.05, 0.1) is 6.42 Å². The third-order valence-corrected chi connectivity index (χ3v) is 2.63. The molecule has 0 aliphatic rings. The van der Waals surface area contributed by atoms with E-state index < -0.39 is 30.2 Å². The molecule has 1 unspecified atom stereocenters. The van der Waals surface area contributed by atoms with Gasteiger partial charge in [-0.15, -0.1) is 0 Å². The molecule has 0 aliphatic heterocycles. The lowest BCUT2D eigenvalue weighted by Gasteiger charge is -2.15. The Kier molecular flexibility index (Phi) is 5.08. The summed E-state index contributed by atoms with van der Waals surface area (Å²) in [7, 11) is 3.65. The fourth-order valence-corrected chi connectivity index (χ4v) is 1.57. The van der Waals surface area contributed by atoms with Crippen LogP contribution >= 0.6 is 0 Å². The molecule has 4 N–H and O–H groups in total. The summed E-state index contributed by atoms with van der Waals surface area (Å²) < 4.78 is 0. The summed E-state index contributed by atoms with van der Waals surface area (Å²) in [4.78, 5) is 35.5. The molecule has 20 heavy (non-hydrogen) atoms. The number of carboxylic acids is 1. The van der Waals surface area contributed by atoms with E-state index in [-0.39, 0.29) is 0 Å². The van der Waals surface area contributed by atoms with Crippen LogP contribution in [0.4, 0.5) is 5.69 Å². The number of hydrogen-bond donors (Lipinski definition) is 3. The number of hydrogen-bond acceptors (Lipinski definition) is 4. The highest BCUT2D eigenvalue weighted by molar-refractivity contribution is 5.98. The average Bonchev–Trinajstić information content (AvgIpc) is 2.37. The van der Waals surface area contributed by atoms with E-state index in [1.54, 1.807) is 18.2 Å². The topological polar surface area (TPSA) is 113 Å². The zero-order valence-electron chi connectivity index (χ0n) is 11.3. The molecule has 1 rings (SSSR count). The first kappa shape index (κ1) is 15.5. The van der Waals surface area contributed by atoms with Crippen molar-refractivity contribution in [3.63, 3.8) is 0 Å². The highest BCUT2D eigenvalue weighted by Crippen LogP contribution is 2.13. The second-order valence-electron chi connectivity index (χ2n) is 4.48. The molecule has 1 aromatic carbocycles. The second kappa shape index (κ2) is 6.55. The first-order chi connectivity index (χ1) is 9.31. The maximum absolute atomic E-state index is 12.0. The van der Waals surface area contributed by atoms with Crippen molar-refractivity contribution in [2.75, 3.05) is 19.0 Å². The van der Waals surface area contributed by atoms with Gasteiger partial charge >= 0.3 is 5.97 Å². The molecule has 0 spiro atoms. The van der Waals surface area contributed by atoms with E-state index in [0.29, 0.717) is 5.56 Å². The normalized spacial score (nSPS) is 11.5. The first-order valence-corrected chi connectivity index (χ1v) is 5.90. The number of aliphatic carboxylic acids is 1. The Bertz CT molecular complexity index is 528. The number of nitrogens with zero attached hydrogens (tertiary/aromatic N) is 1. The molecule has 0 fully saturated rings. The van der Waals surface area contributed by atoms with Crippen LogP contribution in [0.2, 0.25) is 0 Å². The smallest absolute Gasteiger partial charge is 0.326 e. The van der Waals surface area contributed by atoms with Crippen LogP contribution in [0, 0.1) is 0 Å². The van der Waals surface area contributed by atoms with Gasteiger partial charge in [-0.2, -0.15) is 0 Å². The predicted octanol–water partition coefficient (Wildman–Crippen LogP) is -0.189. The molecule has 0 saturated heterocycles. The molecule has 0 radical (unpaired) electrons. The van der Waals surface area contributed by atoms with E-state index in [4.69, 9.17) is 10.8 Å². The van der Waals surface area contributed by atoms with E-state index in [1.807, 2.05) is 25.1 Å². The Hall–Kier alpha value is -2.57. The van der Waals surface area contributed by atoms with E-state index in [2.05, 4.69) is 5.32 Å². The number of anilines is 1. The van der Waals surface area contributed by atoms with Crippen LogP contribution in [0.25, 0.3) is 0 Å². The molecule has 0 bridgehead atoms. The van der Waals surface area contributed by atoms with Crippen molar-refractivity contribution < 1.29 is 19.5 Å². The van der Waals surface area contributed by atoms with E-state index >= 15 is 0 Å². The number of carboxylic acid groups (broad SMARTS) is 1. The molecular formula is C13H17N3O4. The van der Waals surface area contributed by atoms with Crippen LogP contribution in [-0.2, 0) is 9.59 Å². The largest absolute Gasteiger partial charge is 0.480 e. The maximum Gasteiger partial charge on any atom is 0.326 e. The van der Waals surface area contributed by atoms with Gasteiger partial charge in [0.2, 0.25) is 5.91 Å². The quantitative estimate of drug-likeness (QED) is 0.668. The molecule has 0 heterocycles. The number of rotatable bonds is 6. The summed E-state index contributed by atoms with van der Waals surface area (Å²) in [5.41, 5.74) is 6.07. The van der Waals surface area contributed by atoms with Crippen LogP contribution in [0.5, 0.6) is 0 Å². The molecule has 1 aromatic rings. The number of carbonyl (C=O) groups is 3. The van der Waals surface area contributed by atoms with Gasteiger partial charge in [-0.25, -0.2) is 4.79 Å². The number of amides is 2. The Morgan fingerprint density at radius 1 is 1.35 bits per heavy atom. The standard InChI is InChI=1S/C13H17N3O4/c1-16(2)9-5-3-4-8(6-9)12(18)15-10(13(19)20)7-11(14)17/h3-6,10H,7H2,1-2H3,(H2,14,17)(H,15,18)(H,19,20). The van der Waals surface area contributed by atoms with E-state index in [9.17, 15) is 14.4 Å². The Balaban J connectivity index is 2.86. The number of nitrogens with two attached hydrogens (primary N) is 1. The summed E-state index contributed by atoms with van der Waals surface area (Å²) in [6.45, 7) is 0. The van der Waals surface area contributed by atoms with Gasteiger partial charge in [-0.05, 0) is 18.2 Å². The van der Waals surface area contributed by atoms with Crippen molar-refractivity contribution in [1.82, 2.24) is 5.32 Å². The Labute approximate surface area is 116 Å². The summed E-state index contributed by atoms with van der Waals surface area (Å²) in [5.74, 6) is -2.66. The average molecular weight is 279 g/mol. The highest BCUT2D eigenvalue weighted by atomic mass is 16.4. The van der Waals surface area contributed by atoms with Gasteiger partial charge in [0.15, 0.2) is 0 Å². The lowest BCUT2D eigenvalue weighted by Crippen LogP contribution is -2.43. The van der Waals surface area contributed by atoms with Crippen molar-refractivity contribution in [2.45, 2.75) is 12.5 Å². The second-order valence-corrected chi connectivity index (χ2v) is 4.48. The van der Waals surface area contributed by atoms with Crippen molar-refractivity contribution in [2.24, 2.45) is 5.73 Å². The Morgan fingerprint density at radius 3 is 2.50 bits per heavy atom. The van der Waals surface area contributed by atoms with Crippen molar-refractivity contribution in [1.29, 1.82) is 0 Å². The van der Waals surface area contributed by atoms with Crippen LogP contribution in [0.3, 0.4) is 0 Å². The van der Waals surface area contributed by atoms with Crippen molar-refractivity contribution in [3.05, 3.63) is 29.8 Å². The van der Waals surface area contributed by atoms with Crippen LogP contribution in [0.15, 0.2) is 24.3 Å². The van der Waals surface area contributed by atoms with Gasteiger partial charge in [-0.1, -0.05) is 6.07 Å². The van der Waals surface area contributed by atoms with Crippen LogP contribution in [-0.4, -0.2) is 43.0 Å². The predicted molar refractivity (Wildman–Crippen MR) is 73.5 cm³/mol. The molecule has 2 amide bonds. The SMILES string of the molecule is CN(C)c1cccc(C(=O)NC(CC(N)=O)C(=O)O)c1. The summed E-state index contributed by atoms with van der Waals surface area (Å²) in [6.07, 6.45) is -0.450. The highest BCUT2D eigenvalue weighted by Gasteiger charge is 2.22. The number of benzene rings is 1. The molecule has 7 heteroatoms. The molecule has 7 nitrogen and oxygen atoms in total. The monoisotopic (exact) mass is 279 g/mol. The van der Waals surface area contributed by atoms with Crippen LogP contribution < -0.4 is 16.0 Å². The summed E-state index contributed by atoms with van der Waals surface area (Å²) in [6, 6.07) is 5.36. The zero-order valence-corrected chi connectivity index (χ0v) is 11.3. The third-order valence-electron chi connectivity index (χ3n) is 2.63. The maximum atomic E-state index is 12.0. The summed E-state index contributed by atoms with van der Waals surface area (Å²) in [5, 5.41) is 11.2. The number of nitrogens with one attached hydrogen (secondary N) is 1. The Morgan fingerprint density at radius 2 is 2.00 bits per heavy atom. The first-order valence-electron chi connectivity index (χ1n) is 5.90. The molecular weight excluding hydrogens is 262 g/mol.